The molecule has 6 rings (SSSR count). The molecule has 0 atom stereocenters. The Bertz CT molecular complexity index is 1740. The Morgan fingerprint density at radius 3 is 2.23 bits per heavy atom. The molecule has 1 N–H and O–H groups in total. The minimum absolute atomic E-state index is 0. The molecular weight excluding hydrogens is 713 g/mol. The van der Waals surface area contributed by atoms with Gasteiger partial charge >= 0.3 is 0 Å². The van der Waals surface area contributed by atoms with Crippen LogP contribution in [-0.2, 0) is 24.9 Å². The predicted octanol–water partition coefficient (Wildman–Crippen LogP) is 7.14. The Morgan fingerprint density at radius 1 is 0.907 bits per heavy atom. The monoisotopic (exact) mass is 754 g/mol. The Kier molecular flexibility index (Phi) is 9.60. The van der Waals surface area contributed by atoms with E-state index in [1.807, 2.05) is 54.6 Å². The second kappa shape index (κ2) is 14.7. The van der Waals surface area contributed by atoms with Crippen LogP contribution >= 0.6 is 0 Å². The molecule has 0 saturated heterocycles. The van der Waals surface area contributed by atoms with E-state index in [4.69, 9.17) is 13.6 Å². The van der Waals surface area contributed by atoms with Crippen molar-refractivity contribution in [1.82, 2.24) is 4.98 Å². The van der Waals surface area contributed by atoms with Gasteiger partial charge in [-0.05, 0) is 61.1 Å². The average Bonchev–Trinajstić information content (AvgIpc) is 3.10. The fraction of sp³-hybridized carbons (Fsp3) is 0.278. The van der Waals surface area contributed by atoms with Crippen LogP contribution in [0.3, 0.4) is 0 Å². The Morgan fingerprint density at radius 2 is 1.56 bits per heavy atom. The van der Waals surface area contributed by atoms with Crippen LogP contribution in [0.2, 0.25) is 0 Å². The number of pyridine rings is 1. The van der Waals surface area contributed by atoms with Gasteiger partial charge in [-0.15, -0.1) is 23.7 Å². The van der Waals surface area contributed by atoms with Gasteiger partial charge in [-0.1, -0.05) is 69.7 Å². The number of ketones is 1. The van der Waals surface area contributed by atoms with E-state index in [1.165, 1.54) is 0 Å². The van der Waals surface area contributed by atoms with Crippen molar-refractivity contribution in [2.24, 2.45) is 11.8 Å². The third-order valence-electron chi connectivity index (χ3n) is 7.78. The van der Waals surface area contributed by atoms with E-state index in [2.05, 4.69) is 29.2 Å². The zero-order valence-electron chi connectivity index (χ0n) is 27.9. The topological polar surface area (TPSA) is 68.7 Å². The summed E-state index contributed by atoms with van der Waals surface area (Å²) < 4.78 is 36.3. The Labute approximate surface area is 273 Å². The van der Waals surface area contributed by atoms with Crippen LogP contribution in [0.5, 0.6) is 23.0 Å². The van der Waals surface area contributed by atoms with Crippen LogP contribution in [-0.4, -0.2) is 22.6 Å². The molecule has 1 radical (unpaired) electrons. The molecule has 1 aromatic heterocycles. The molecule has 0 spiro atoms. The summed E-state index contributed by atoms with van der Waals surface area (Å²) in [4.78, 5) is 16.6. The minimum Gasteiger partial charge on any atom is -0.512 e. The molecule has 0 amide bonds. The third kappa shape index (κ3) is 6.64. The van der Waals surface area contributed by atoms with E-state index in [0.717, 1.165) is 50.6 Å². The molecule has 2 aliphatic heterocycles. The summed E-state index contributed by atoms with van der Waals surface area (Å²) in [5, 5.41) is 9.96. The van der Waals surface area contributed by atoms with E-state index < -0.39 is 29.4 Å². The number of aromatic nitrogens is 1. The van der Waals surface area contributed by atoms with Crippen molar-refractivity contribution in [3.8, 4) is 34.3 Å². The van der Waals surface area contributed by atoms with E-state index >= 15 is 0 Å². The van der Waals surface area contributed by atoms with Crippen LogP contribution in [0.1, 0.15) is 57.5 Å². The van der Waals surface area contributed by atoms with Gasteiger partial charge in [0.05, 0.1) is 7.13 Å². The predicted molar refractivity (Wildman–Crippen MR) is 170 cm³/mol. The first-order chi connectivity index (χ1) is 21.6. The summed E-state index contributed by atoms with van der Waals surface area (Å²) >= 11 is 0. The summed E-state index contributed by atoms with van der Waals surface area (Å²) in [5.41, 5.74) is 5.09. The van der Waals surface area contributed by atoms with Gasteiger partial charge < -0.3 is 19.6 Å². The van der Waals surface area contributed by atoms with E-state index in [0.29, 0.717) is 25.7 Å². The zero-order valence-corrected chi connectivity index (χ0v) is 27.3. The standard InChI is InChI=1S/C23H13BNO2.C13H24O2.Ir/c1-2-11-19-16(8-1)24-17-9-5-7-15(18-10-3-4-14-25-18)23(17)27-21-13-6-12-20(26-19)22(21)24;1-5-10(6-2)12(14)9-13(15)11(7-3)8-4;/h1-6,8-14H;9-11,14H,5-8H2,1-4H3;/q-1;;/b;12-9-;/i;9D,10D,11D;. The number of allylic oxidation sites excluding steroid dienone is 2. The molecule has 5 nitrogen and oxygen atoms in total. The molecule has 4 aromatic rings. The zero-order chi connectivity index (χ0) is 32.4. The normalized spacial score (nSPS) is 14.2. The van der Waals surface area contributed by atoms with Gasteiger partial charge in [0.2, 0.25) is 6.71 Å². The van der Waals surface area contributed by atoms with E-state index in [9.17, 15) is 9.90 Å². The number of carbonyl (C=O) groups is 1. The maximum atomic E-state index is 12.1. The number of hydrogen-bond donors (Lipinski definition) is 1. The number of benzene rings is 3. The summed E-state index contributed by atoms with van der Waals surface area (Å²) in [5.74, 6) is -0.456. The number of nitrogens with zero attached hydrogens (tertiary/aromatic N) is 1. The molecule has 3 aromatic carbocycles. The fourth-order valence-electron chi connectivity index (χ4n) is 5.48. The fourth-order valence-corrected chi connectivity index (χ4v) is 5.48. The van der Waals surface area contributed by atoms with Crippen molar-refractivity contribution < 1.29 is 43.6 Å². The maximum absolute atomic E-state index is 12.1. The maximum Gasteiger partial charge on any atom is 0.241 e. The van der Waals surface area contributed by atoms with E-state index in [-0.39, 0.29) is 26.8 Å². The quantitative estimate of drug-likeness (QED) is 0.0775. The number of para-hydroxylation sites is 1. The van der Waals surface area contributed by atoms with Crippen molar-refractivity contribution in [2.75, 3.05) is 0 Å². The second-order valence-corrected chi connectivity index (χ2v) is 10.1. The number of aliphatic hydroxyl groups is 1. The molecule has 43 heavy (non-hydrogen) atoms. The molecule has 0 bridgehead atoms. The molecule has 0 fully saturated rings. The van der Waals surface area contributed by atoms with Gasteiger partial charge in [0.1, 0.15) is 17.2 Å². The molecular formula is C36H37BIrNO4-. The van der Waals surface area contributed by atoms with Crippen LogP contribution < -0.4 is 25.9 Å². The molecule has 2 aliphatic rings. The van der Waals surface area contributed by atoms with Gasteiger partial charge in [0.25, 0.3) is 0 Å². The molecule has 0 unspecified atom stereocenters. The van der Waals surface area contributed by atoms with Gasteiger partial charge in [-0.3, -0.25) is 4.79 Å². The summed E-state index contributed by atoms with van der Waals surface area (Å²) in [6.45, 7) is 6.97. The molecule has 0 saturated carbocycles. The summed E-state index contributed by atoms with van der Waals surface area (Å²) in [7, 11) is 0. The van der Waals surface area contributed by atoms with Crippen molar-refractivity contribution in [3.05, 3.63) is 96.9 Å². The van der Waals surface area contributed by atoms with Gasteiger partial charge in [0.15, 0.2) is 5.78 Å². The summed E-state index contributed by atoms with van der Waals surface area (Å²) in [6, 6.07) is 26.9. The first-order valence-corrected chi connectivity index (χ1v) is 14.6. The summed E-state index contributed by atoms with van der Waals surface area (Å²) in [6.07, 6.45) is 3.03. The molecule has 3 heterocycles. The van der Waals surface area contributed by atoms with Crippen molar-refractivity contribution in [1.29, 1.82) is 0 Å². The second-order valence-electron chi connectivity index (χ2n) is 10.1. The Hall–Kier alpha value is -3.67. The molecule has 7 heteroatoms. The number of aliphatic hydroxyl groups excluding tert-OH is 1. The first-order valence-electron chi connectivity index (χ1n) is 16.1. The average molecular weight is 754 g/mol. The van der Waals surface area contributed by atoms with Crippen LogP contribution in [0, 0.1) is 17.9 Å². The number of fused-ring (bicyclic) bond motifs is 4. The van der Waals surface area contributed by atoms with Crippen molar-refractivity contribution in [3.63, 3.8) is 0 Å². The Balaban J connectivity index is 0.000000225. The van der Waals surface area contributed by atoms with Gasteiger partial charge in [-0.2, -0.15) is 0 Å². The number of hydrogen-bond acceptors (Lipinski definition) is 5. The SMILES string of the molecule is [2H]/C(C(=O)C([2H])(CC)CC)=C(/O)C([2H])(CC)CC.[Ir].[c-]1ccc2c(c1-c1ccccn1)Oc1cccc3c1B2c1ccccc1O3. The number of ether oxygens (including phenoxy) is 2. The van der Waals surface area contributed by atoms with Gasteiger partial charge in [-0.25, -0.2) is 0 Å². The largest absolute Gasteiger partial charge is 0.512 e. The van der Waals surface area contributed by atoms with Crippen molar-refractivity contribution >= 4 is 28.9 Å². The first kappa shape index (κ1) is 28.1. The number of carbonyl (C=O) groups excluding carboxylic acids is 1. The van der Waals surface area contributed by atoms with Gasteiger partial charge in [0, 0.05) is 58.1 Å². The third-order valence-corrected chi connectivity index (χ3v) is 7.78. The van der Waals surface area contributed by atoms with Crippen LogP contribution in [0.4, 0.5) is 0 Å². The molecule has 0 aliphatic carbocycles. The van der Waals surface area contributed by atoms with Crippen molar-refractivity contribution in [2.45, 2.75) is 53.4 Å². The number of rotatable bonds is 8. The minimum atomic E-state index is -1.37. The van der Waals surface area contributed by atoms with Crippen LogP contribution in [0.25, 0.3) is 11.3 Å². The van der Waals surface area contributed by atoms with Crippen LogP contribution in [0.15, 0.2) is 90.8 Å². The molecule has 223 valence electrons. The van der Waals surface area contributed by atoms with E-state index in [1.54, 1.807) is 33.9 Å². The smallest absolute Gasteiger partial charge is 0.241 e.